The van der Waals surface area contributed by atoms with Gasteiger partial charge < -0.3 is 15.4 Å². The summed E-state index contributed by atoms with van der Waals surface area (Å²) in [5.41, 5.74) is 6.14. The quantitative estimate of drug-likeness (QED) is 0.805. The van der Waals surface area contributed by atoms with Crippen molar-refractivity contribution in [2.75, 3.05) is 20.2 Å². The van der Waals surface area contributed by atoms with Gasteiger partial charge in [-0.05, 0) is 38.0 Å². The van der Waals surface area contributed by atoms with Crippen molar-refractivity contribution in [2.45, 2.75) is 50.7 Å². The van der Waals surface area contributed by atoms with Gasteiger partial charge in [-0.1, -0.05) is 6.42 Å². The molecule has 0 bridgehead atoms. The SMILES string of the molecule is CO[C@@H]1CCC[C@H]([C@H](N)C(=O)N2CCCC2)C1. The average Bonchev–Trinajstić information content (AvgIpc) is 2.91. The van der Waals surface area contributed by atoms with E-state index < -0.39 is 0 Å². The van der Waals surface area contributed by atoms with Crippen LogP contribution < -0.4 is 5.73 Å². The topological polar surface area (TPSA) is 55.6 Å². The molecule has 1 saturated carbocycles. The van der Waals surface area contributed by atoms with E-state index in [0.29, 0.717) is 12.0 Å². The number of rotatable bonds is 3. The number of amides is 1. The Morgan fingerprint density at radius 2 is 2.00 bits per heavy atom. The Morgan fingerprint density at radius 1 is 1.29 bits per heavy atom. The molecular weight excluding hydrogens is 216 g/mol. The molecular formula is C13H24N2O2. The van der Waals surface area contributed by atoms with Gasteiger partial charge in [-0.2, -0.15) is 0 Å². The number of carbonyl (C=O) groups is 1. The average molecular weight is 240 g/mol. The molecule has 1 saturated heterocycles. The molecule has 0 radical (unpaired) electrons. The van der Waals surface area contributed by atoms with Gasteiger partial charge in [-0.15, -0.1) is 0 Å². The molecule has 2 rings (SSSR count). The van der Waals surface area contributed by atoms with Gasteiger partial charge >= 0.3 is 0 Å². The Hall–Kier alpha value is -0.610. The molecule has 0 aromatic heterocycles. The monoisotopic (exact) mass is 240 g/mol. The first kappa shape index (κ1) is 12.8. The number of hydrogen-bond donors (Lipinski definition) is 1. The normalized spacial score (nSPS) is 31.5. The summed E-state index contributed by atoms with van der Waals surface area (Å²) in [6.45, 7) is 1.79. The second kappa shape index (κ2) is 5.83. The third-order valence-corrected chi connectivity index (χ3v) is 4.21. The molecule has 1 aliphatic heterocycles. The molecule has 2 N–H and O–H groups in total. The van der Waals surface area contributed by atoms with E-state index in [9.17, 15) is 4.79 Å². The molecule has 1 amide bonds. The first-order valence-electron chi connectivity index (χ1n) is 6.79. The van der Waals surface area contributed by atoms with Gasteiger partial charge in [-0.25, -0.2) is 0 Å². The second-order valence-electron chi connectivity index (χ2n) is 5.34. The lowest BCUT2D eigenvalue weighted by Gasteiger charge is -2.33. The predicted molar refractivity (Wildman–Crippen MR) is 66.5 cm³/mol. The molecule has 98 valence electrons. The Morgan fingerprint density at radius 3 is 2.65 bits per heavy atom. The molecule has 1 heterocycles. The van der Waals surface area contributed by atoms with Crippen molar-refractivity contribution in [3.8, 4) is 0 Å². The summed E-state index contributed by atoms with van der Waals surface area (Å²) in [5, 5.41) is 0. The highest BCUT2D eigenvalue weighted by molar-refractivity contribution is 5.82. The highest BCUT2D eigenvalue weighted by Gasteiger charge is 2.33. The molecule has 0 spiro atoms. The van der Waals surface area contributed by atoms with Crippen molar-refractivity contribution < 1.29 is 9.53 Å². The highest BCUT2D eigenvalue weighted by Crippen LogP contribution is 2.28. The van der Waals surface area contributed by atoms with E-state index in [2.05, 4.69) is 0 Å². The first-order chi connectivity index (χ1) is 8.22. The van der Waals surface area contributed by atoms with Gasteiger partial charge in [0.1, 0.15) is 0 Å². The summed E-state index contributed by atoms with van der Waals surface area (Å²) in [6.07, 6.45) is 6.80. The lowest BCUT2D eigenvalue weighted by atomic mass is 9.82. The number of methoxy groups -OCH3 is 1. The van der Waals surface area contributed by atoms with Crippen LogP contribution in [0.5, 0.6) is 0 Å². The van der Waals surface area contributed by atoms with Crippen LogP contribution in [0.4, 0.5) is 0 Å². The van der Waals surface area contributed by atoms with E-state index >= 15 is 0 Å². The number of nitrogens with zero attached hydrogens (tertiary/aromatic N) is 1. The zero-order valence-corrected chi connectivity index (χ0v) is 10.7. The van der Waals surface area contributed by atoms with E-state index in [1.807, 2.05) is 4.90 Å². The third-order valence-electron chi connectivity index (χ3n) is 4.21. The molecule has 0 aromatic carbocycles. The maximum atomic E-state index is 12.2. The van der Waals surface area contributed by atoms with E-state index in [1.54, 1.807) is 7.11 Å². The van der Waals surface area contributed by atoms with E-state index in [0.717, 1.165) is 51.6 Å². The molecule has 17 heavy (non-hydrogen) atoms. The fourth-order valence-corrected chi connectivity index (χ4v) is 3.07. The van der Waals surface area contributed by atoms with E-state index in [-0.39, 0.29) is 11.9 Å². The van der Waals surface area contributed by atoms with Crippen LogP contribution in [0.1, 0.15) is 38.5 Å². The fourth-order valence-electron chi connectivity index (χ4n) is 3.07. The van der Waals surface area contributed by atoms with Crippen LogP contribution in [0.2, 0.25) is 0 Å². The van der Waals surface area contributed by atoms with E-state index in [1.165, 1.54) is 0 Å². The van der Waals surface area contributed by atoms with Gasteiger partial charge in [0, 0.05) is 20.2 Å². The maximum Gasteiger partial charge on any atom is 0.239 e. The van der Waals surface area contributed by atoms with Crippen LogP contribution in [0.3, 0.4) is 0 Å². The summed E-state index contributed by atoms with van der Waals surface area (Å²) in [7, 11) is 1.75. The third kappa shape index (κ3) is 2.99. The summed E-state index contributed by atoms with van der Waals surface area (Å²) in [6, 6.07) is -0.314. The molecule has 2 fully saturated rings. The van der Waals surface area contributed by atoms with Gasteiger partial charge in [0.05, 0.1) is 12.1 Å². The van der Waals surface area contributed by atoms with Crippen LogP contribution in [-0.2, 0) is 9.53 Å². The van der Waals surface area contributed by atoms with Gasteiger partial charge in [0.15, 0.2) is 0 Å². The van der Waals surface area contributed by atoms with Crippen molar-refractivity contribution in [3.05, 3.63) is 0 Å². The smallest absolute Gasteiger partial charge is 0.239 e. The van der Waals surface area contributed by atoms with Gasteiger partial charge in [-0.3, -0.25) is 4.79 Å². The Labute approximate surface area is 103 Å². The lowest BCUT2D eigenvalue weighted by molar-refractivity contribution is -0.133. The zero-order valence-electron chi connectivity index (χ0n) is 10.7. The standard InChI is InChI=1S/C13H24N2O2/c1-17-11-6-4-5-10(9-11)12(14)13(16)15-7-2-3-8-15/h10-12H,2-9,14H2,1H3/t10-,11+,12-/m0/s1. The Balaban J connectivity index is 1.89. The highest BCUT2D eigenvalue weighted by atomic mass is 16.5. The molecule has 4 heteroatoms. The number of likely N-dealkylation sites (tertiary alicyclic amines) is 1. The molecule has 1 aliphatic carbocycles. The molecule has 0 aromatic rings. The van der Waals surface area contributed by atoms with Crippen LogP contribution in [0.25, 0.3) is 0 Å². The molecule has 4 nitrogen and oxygen atoms in total. The predicted octanol–water partition coefficient (Wildman–Crippen LogP) is 1.14. The number of nitrogens with two attached hydrogens (primary N) is 1. The summed E-state index contributed by atoms with van der Waals surface area (Å²) < 4.78 is 5.40. The van der Waals surface area contributed by atoms with Crippen LogP contribution in [-0.4, -0.2) is 43.2 Å². The zero-order chi connectivity index (χ0) is 12.3. The van der Waals surface area contributed by atoms with Crippen molar-refractivity contribution in [2.24, 2.45) is 11.7 Å². The first-order valence-corrected chi connectivity index (χ1v) is 6.79. The van der Waals surface area contributed by atoms with Crippen LogP contribution in [0.15, 0.2) is 0 Å². The molecule has 3 atom stereocenters. The van der Waals surface area contributed by atoms with Gasteiger partial charge in [0.2, 0.25) is 5.91 Å². The minimum atomic E-state index is -0.314. The summed E-state index contributed by atoms with van der Waals surface area (Å²) >= 11 is 0. The number of hydrogen-bond acceptors (Lipinski definition) is 3. The maximum absolute atomic E-state index is 12.2. The number of ether oxygens (including phenoxy) is 1. The Bertz CT molecular complexity index is 264. The second-order valence-corrected chi connectivity index (χ2v) is 5.34. The van der Waals surface area contributed by atoms with Crippen molar-refractivity contribution in [1.29, 1.82) is 0 Å². The van der Waals surface area contributed by atoms with Crippen molar-refractivity contribution >= 4 is 5.91 Å². The van der Waals surface area contributed by atoms with Gasteiger partial charge in [0.25, 0.3) is 0 Å². The summed E-state index contributed by atoms with van der Waals surface area (Å²) in [4.78, 5) is 14.1. The minimum absolute atomic E-state index is 0.157. The molecule has 0 unspecified atom stereocenters. The van der Waals surface area contributed by atoms with E-state index in [4.69, 9.17) is 10.5 Å². The van der Waals surface area contributed by atoms with Crippen molar-refractivity contribution in [1.82, 2.24) is 4.90 Å². The van der Waals surface area contributed by atoms with Crippen molar-refractivity contribution in [3.63, 3.8) is 0 Å². The van der Waals surface area contributed by atoms with Crippen LogP contribution >= 0.6 is 0 Å². The number of carbonyl (C=O) groups excluding carboxylic acids is 1. The minimum Gasteiger partial charge on any atom is -0.381 e. The fraction of sp³-hybridized carbons (Fsp3) is 0.923. The summed E-state index contributed by atoms with van der Waals surface area (Å²) in [5.74, 6) is 0.464. The Kier molecular flexibility index (Phi) is 4.40. The van der Waals surface area contributed by atoms with Crippen LogP contribution in [0, 0.1) is 5.92 Å². The molecule has 2 aliphatic rings. The lowest BCUT2D eigenvalue weighted by Crippen LogP contribution is -2.48. The largest absolute Gasteiger partial charge is 0.381 e.